The summed E-state index contributed by atoms with van der Waals surface area (Å²) in [4.78, 5) is 11.8. The molecule has 0 aromatic heterocycles. The zero-order valence-electron chi connectivity index (χ0n) is 13.1. The Bertz CT molecular complexity index is 552. The van der Waals surface area contributed by atoms with Crippen molar-refractivity contribution >= 4 is 6.03 Å². The maximum absolute atomic E-state index is 12.3. The van der Waals surface area contributed by atoms with Crippen molar-refractivity contribution in [1.29, 1.82) is 0 Å². The Balaban J connectivity index is 1.79. The van der Waals surface area contributed by atoms with Gasteiger partial charge >= 0.3 is 12.4 Å². The van der Waals surface area contributed by atoms with Crippen LogP contribution in [0.1, 0.15) is 31.2 Å². The molecular formula is C16H21F3N2O3. The minimum atomic E-state index is -4.78. The third kappa shape index (κ3) is 6.27. The average molecular weight is 346 g/mol. The number of alkyl halides is 3. The molecule has 0 heterocycles. The van der Waals surface area contributed by atoms with E-state index in [0.29, 0.717) is 13.0 Å². The van der Waals surface area contributed by atoms with Crippen molar-refractivity contribution in [2.75, 3.05) is 6.54 Å². The lowest BCUT2D eigenvalue weighted by Gasteiger charge is -2.25. The SMILES string of the molecule is O=C(NCc1ccccc1OC(F)(F)F)NCC1CCCC(O)C1. The molecule has 5 nitrogen and oxygen atoms in total. The van der Waals surface area contributed by atoms with Crippen molar-refractivity contribution in [1.82, 2.24) is 10.6 Å². The van der Waals surface area contributed by atoms with Crippen molar-refractivity contribution in [3.8, 4) is 5.75 Å². The highest BCUT2D eigenvalue weighted by Crippen LogP contribution is 2.26. The van der Waals surface area contributed by atoms with Crippen LogP contribution in [-0.2, 0) is 6.54 Å². The first-order valence-electron chi connectivity index (χ1n) is 7.87. The highest BCUT2D eigenvalue weighted by molar-refractivity contribution is 5.73. The Hall–Kier alpha value is -1.96. The van der Waals surface area contributed by atoms with E-state index in [9.17, 15) is 23.1 Å². The molecule has 24 heavy (non-hydrogen) atoms. The van der Waals surface area contributed by atoms with E-state index in [2.05, 4.69) is 15.4 Å². The Morgan fingerprint density at radius 2 is 2.00 bits per heavy atom. The second-order valence-corrected chi connectivity index (χ2v) is 5.91. The van der Waals surface area contributed by atoms with E-state index < -0.39 is 12.4 Å². The molecule has 1 aromatic carbocycles. The number of carbonyl (C=O) groups excluding carboxylic acids is 1. The number of aliphatic hydroxyl groups excluding tert-OH is 1. The maximum atomic E-state index is 12.3. The van der Waals surface area contributed by atoms with E-state index in [1.54, 1.807) is 6.07 Å². The predicted molar refractivity (Wildman–Crippen MR) is 81.3 cm³/mol. The molecule has 0 bridgehead atoms. The van der Waals surface area contributed by atoms with Crippen LogP contribution in [0.3, 0.4) is 0 Å². The van der Waals surface area contributed by atoms with Crippen LogP contribution in [0.25, 0.3) is 0 Å². The molecule has 0 saturated heterocycles. The van der Waals surface area contributed by atoms with Crippen molar-refractivity contribution in [3.63, 3.8) is 0 Å². The quantitative estimate of drug-likeness (QED) is 0.768. The van der Waals surface area contributed by atoms with Crippen LogP contribution in [0.4, 0.5) is 18.0 Å². The molecule has 2 rings (SSSR count). The van der Waals surface area contributed by atoms with Crippen molar-refractivity contribution in [2.24, 2.45) is 5.92 Å². The van der Waals surface area contributed by atoms with Gasteiger partial charge in [-0.05, 0) is 31.2 Å². The lowest BCUT2D eigenvalue weighted by atomic mass is 9.87. The third-order valence-corrected chi connectivity index (χ3v) is 3.94. The molecule has 3 N–H and O–H groups in total. The number of amides is 2. The molecule has 2 atom stereocenters. The number of hydrogen-bond donors (Lipinski definition) is 3. The van der Waals surface area contributed by atoms with Gasteiger partial charge in [0.05, 0.1) is 6.10 Å². The number of halogens is 3. The number of rotatable bonds is 5. The largest absolute Gasteiger partial charge is 0.573 e. The monoisotopic (exact) mass is 346 g/mol. The molecule has 134 valence electrons. The van der Waals surface area contributed by atoms with Gasteiger partial charge in [-0.15, -0.1) is 13.2 Å². The summed E-state index contributed by atoms with van der Waals surface area (Å²) in [5.41, 5.74) is 0.234. The zero-order valence-corrected chi connectivity index (χ0v) is 13.1. The Morgan fingerprint density at radius 3 is 2.71 bits per heavy atom. The predicted octanol–water partition coefficient (Wildman–Crippen LogP) is 2.94. The molecule has 0 aliphatic heterocycles. The van der Waals surface area contributed by atoms with Crippen LogP contribution >= 0.6 is 0 Å². The fraction of sp³-hybridized carbons (Fsp3) is 0.562. The first kappa shape index (κ1) is 18.4. The number of benzene rings is 1. The number of ether oxygens (including phenoxy) is 1. The van der Waals surface area contributed by atoms with E-state index in [1.165, 1.54) is 18.2 Å². The van der Waals surface area contributed by atoms with E-state index >= 15 is 0 Å². The van der Waals surface area contributed by atoms with Crippen molar-refractivity contribution in [3.05, 3.63) is 29.8 Å². The lowest BCUT2D eigenvalue weighted by molar-refractivity contribution is -0.274. The van der Waals surface area contributed by atoms with Gasteiger partial charge in [-0.3, -0.25) is 0 Å². The zero-order chi connectivity index (χ0) is 17.6. The average Bonchev–Trinajstić information content (AvgIpc) is 2.51. The van der Waals surface area contributed by atoms with Gasteiger partial charge in [0.15, 0.2) is 0 Å². The Morgan fingerprint density at radius 1 is 1.25 bits per heavy atom. The fourth-order valence-corrected chi connectivity index (χ4v) is 2.80. The van der Waals surface area contributed by atoms with Crippen LogP contribution in [0.5, 0.6) is 5.75 Å². The highest BCUT2D eigenvalue weighted by atomic mass is 19.4. The van der Waals surface area contributed by atoms with E-state index in [1.807, 2.05) is 0 Å². The van der Waals surface area contributed by atoms with E-state index in [-0.39, 0.29) is 29.9 Å². The number of carbonyl (C=O) groups is 1. The van der Waals surface area contributed by atoms with Gasteiger partial charge in [0, 0.05) is 18.7 Å². The first-order valence-corrected chi connectivity index (χ1v) is 7.87. The molecule has 2 amide bonds. The molecular weight excluding hydrogens is 325 g/mol. The van der Waals surface area contributed by atoms with E-state index in [0.717, 1.165) is 19.3 Å². The normalized spacial score (nSPS) is 21.2. The third-order valence-electron chi connectivity index (χ3n) is 3.94. The molecule has 1 fully saturated rings. The minimum Gasteiger partial charge on any atom is -0.405 e. The first-order chi connectivity index (χ1) is 11.3. The molecule has 8 heteroatoms. The number of hydrogen-bond acceptors (Lipinski definition) is 3. The summed E-state index contributed by atoms with van der Waals surface area (Å²) in [5, 5.41) is 14.8. The Kier molecular flexibility index (Phi) is 6.30. The standard InChI is InChI=1S/C16H21F3N2O3/c17-16(18,19)24-14-7-2-1-5-12(14)10-21-15(23)20-9-11-4-3-6-13(22)8-11/h1-2,5,7,11,13,22H,3-4,6,8-10H2,(H2,20,21,23). The summed E-state index contributed by atoms with van der Waals surface area (Å²) in [6, 6.07) is 5.20. The summed E-state index contributed by atoms with van der Waals surface area (Å²) in [5.74, 6) is -0.110. The number of urea groups is 1. The van der Waals surface area contributed by atoms with Gasteiger partial charge in [-0.25, -0.2) is 4.79 Å². The molecule has 1 aliphatic rings. The summed E-state index contributed by atoms with van der Waals surface area (Å²) >= 11 is 0. The number of para-hydroxylation sites is 1. The molecule has 0 radical (unpaired) electrons. The molecule has 1 aliphatic carbocycles. The number of nitrogens with one attached hydrogen (secondary N) is 2. The smallest absolute Gasteiger partial charge is 0.405 e. The highest BCUT2D eigenvalue weighted by Gasteiger charge is 2.32. The topological polar surface area (TPSA) is 70.6 Å². The second-order valence-electron chi connectivity index (χ2n) is 5.91. The van der Waals surface area contributed by atoms with Crippen molar-refractivity contribution in [2.45, 2.75) is 44.7 Å². The second kappa shape index (κ2) is 8.23. The number of aliphatic hydroxyl groups is 1. The molecule has 1 aromatic rings. The van der Waals surface area contributed by atoms with E-state index in [4.69, 9.17) is 0 Å². The van der Waals surface area contributed by atoms with Gasteiger partial charge in [0.1, 0.15) is 5.75 Å². The maximum Gasteiger partial charge on any atom is 0.573 e. The summed E-state index contributed by atoms with van der Waals surface area (Å²) in [6.07, 6.45) is -1.78. The van der Waals surface area contributed by atoms with Crippen LogP contribution in [0, 0.1) is 5.92 Å². The van der Waals surface area contributed by atoms with Crippen LogP contribution in [-0.4, -0.2) is 30.1 Å². The summed E-state index contributed by atoms with van der Waals surface area (Å²) < 4.78 is 40.9. The van der Waals surface area contributed by atoms with Crippen molar-refractivity contribution < 1.29 is 27.8 Å². The van der Waals surface area contributed by atoms with Gasteiger partial charge in [0.25, 0.3) is 0 Å². The molecule has 2 unspecified atom stereocenters. The fourth-order valence-electron chi connectivity index (χ4n) is 2.80. The van der Waals surface area contributed by atoms with Gasteiger partial charge < -0.3 is 20.5 Å². The minimum absolute atomic E-state index is 0.0780. The molecule has 1 saturated carbocycles. The van der Waals surface area contributed by atoms with Crippen LogP contribution < -0.4 is 15.4 Å². The van der Waals surface area contributed by atoms with Gasteiger partial charge in [0.2, 0.25) is 0 Å². The summed E-state index contributed by atoms with van der Waals surface area (Å²) in [7, 11) is 0. The summed E-state index contributed by atoms with van der Waals surface area (Å²) in [6.45, 7) is 0.356. The van der Waals surface area contributed by atoms with Crippen LogP contribution in [0.2, 0.25) is 0 Å². The molecule has 0 spiro atoms. The van der Waals surface area contributed by atoms with Gasteiger partial charge in [-0.1, -0.05) is 24.6 Å². The van der Waals surface area contributed by atoms with Crippen LogP contribution in [0.15, 0.2) is 24.3 Å². The van der Waals surface area contributed by atoms with Gasteiger partial charge in [-0.2, -0.15) is 0 Å². The lowest BCUT2D eigenvalue weighted by Crippen LogP contribution is -2.39. The Labute approximate surface area is 138 Å².